The predicted octanol–water partition coefficient (Wildman–Crippen LogP) is 1.61. The Morgan fingerprint density at radius 2 is 2.00 bits per heavy atom. The molecule has 1 aliphatic heterocycles. The summed E-state index contributed by atoms with van der Waals surface area (Å²) in [5.41, 5.74) is 6.18. The highest BCUT2D eigenvalue weighted by Gasteiger charge is 2.27. The molecule has 2 rings (SSSR count). The molecular formula is C14H25N3O. The minimum absolute atomic E-state index is 0.0824. The smallest absolute Gasteiger partial charge is 0.122 e. The topological polar surface area (TPSA) is 45.6 Å². The number of rotatable bonds is 3. The monoisotopic (exact) mass is 251 g/mol. The summed E-state index contributed by atoms with van der Waals surface area (Å²) in [6.45, 7) is 8.47. The molecule has 1 aliphatic rings. The molecule has 2 atom stereocenters. The molecule has 4 heteroatoms. The number of hydrogen-bond acceptors (Lipinski definition) is 4. The summed E-state index contributed by atoms with van der Waals surface area (Å²) in [5, 5.41) is 0. The third-order valence-corrected chi connectivity index (χ3v) is 3.70. The lowest BCUT2D eigenvalue weighted by molar-refractivity contribution is 0.159. The van der Waals surface area contributed by atoms with Crippen molar-refractivity contribution in [3.05, 3.63) is 23.7 Å². The molecular weight excluding hydrogens is 226 g/mol. The van der Waals surface area contributed by atoms with E-state index in [1.807, 2.05) is 13.0 Å². The Morgan fingerprint density at radius 1 is 1.22 bits per heavy atom. The van der Waals surface area contributed by atoms with Gasteiger partial charge in [0.1, 0.15) is 11.5 Å². The molecule has 1 fully saturated rings. The molecule has 1 aromatic heterocycles. The number of hydrogen-bond donors (Lipinski definition) is 1. The van der Waals surface area contributed by atoms with Gasteiger partial charge in [0.2, 0.25) is 0 Å². The zero-order chi connectivity index (χ0) is 13.1. The van der Waals surface area contributed by atoms with Crippen LogP contribution in [0.1, 0.15) is 30.9 Å². The van der Waals surface area contributed by atoms with Crippen LogP contribution in [0.4, 0.5) is 0 Å². The zero-order valence-electron chi connectivity index (χ0n) is 11.7. The van der Waals surface area contributed by atoms with Crippen LogP contribution in [0.2, 0.25) is 0 Å². The first-order valence-electron chi connectivity index (χ1n) is 6.82. The molecule has 2 N–H and O–H groups in total. The molecule has 1 aromatic rings. The molecule has 18 heavy (non-hydrogen) atoms. The first kappa shape index (κ1) is 13.6. The Hall–Kier alpha value is -0.840. The molecule has 0 aromatic carbocycles. The van der Waals surface area contributed by atoms with Crippen molar-refractivity contribution in [2.75, 3.05) is 33.2 Å². The van der Waals surface area contributed by atoms with E-state index in [9.17, 15) is 0 Å². The lowest BCUT2D eigenvalue weighted by atomic mass is 10.1. The second-order valence-electron chi connectivity index (χ2n) is 5.45. The minimum Gasteiger partial charge on any atom is -0.465 e. The lowest BCUT2D eigenvalue weighted by Crippen LogP contribution is -2.41. The van der Waals surface area contributed by atoms with Crippen LogP contribution in [0.5, 0.6) is 0 Å². The van der Waals surface area contributed by atoms with E-state index >= 15 is 0 Å². The van der Waals surface area contributed by atoms with E-state index in [0.717, 1.165) is 31.2 Å². The van der Waals surface area contributed by atoms with Crippen molar-refractivity contribution in [3.8, 4) is 0 Å². The molecule has 0 amide bonds. The maximum absolute atomic E-state index is 6.18. The van der Waals surface area contributed by atoms with E-state index in [1.54, 1.807) is 0 Å². The minimum atomic E-state index is 0.0824. The largest absolute Gasteiger partial charge is 0.465 e. The Bertz CT molecular complexity index is 375. The number of nitrogens with zero attached hydrogens (tertiary/aromatic N) is 2. The van der Waals surface area contributed by atoms with E-state index in [2.05, 4.69) is 29.8 Å². The highest BCUT2D eigenvalue weighted by Crippen LogP contribution is 2.26. The van der Waals surface area contributed by atoms with Crippen LogP contribution in [-0.4, -0.2) is 49.1 Å². The summed E-state index contributed by atoms with van der Waals surface area (Å²) in [6, 6.07) is 4.37. The molecule has 0 radical (unpaired) electrons. The van der Waals surface area contributed by atoms with Crippen LogP contribution in [-0.2, 0) is 0 Å². The van der Waals surface area contributed by atoms with Crippen LogP contribution in [0.15, 0.2) is 16.5 Å². The van der Waals surface area contributed by atoms with Gasteiger partial charge in [-0.15, -0.1) is 0 Å². The Kier molecular flexibility index (Phi) is 4.43. The van der Waals surface area contributed by atoms with Gasteiger partial charge in [0.25, 0.3) is 0 Å². The van der Waals surface area contributed by atoms with Crippen LogP contribution in [0, 0.1) is 6.92 Å². The number of furan rings is 1. The van der Waals surface area contributed by atoms with Crippen molar-refractivity contribution in [2.45, 2.75) is 32.4 Å². The fraction of sp³-hybridized carbons (Fsp3) is 0.714. The SMILES string of the molecule is Cc1ccc(C(C(C)N)N2CCCN(C)CC2)o1. The van der Waals surface area contributed by atoms with Crippen LogP contribution < -0.4 is 5.73 Å². The van der Waals surface area contributed by atoms with Crippen LogP contribution in [0.3, 0.4) is 0 Å². The Labute approximate surface area is 110 Å². The summed E-state index contributed by atoms with van der Waals surface area (Å²) in [6.07, 6.45) is 1.19. The van der Waals surface area contributed by atoms with Crippen molar-refractivity contribution >= 4 is 0 Å². The van der Waals surface area contributed by atoms with Crippen molar-refractivity contribution in [3.63, 3.8) is 0 Å². The Balaban J connectivity index is 2.14. The maximum atomic E-state index is 6.18. The van der Waals surface area contributed by atoms with Crippen molar-refractivity contribution in [1.82, 2.24) is 9.80 Å². The van der Waals surface area contributed by atoms with E-state index in [0.29, 0.717) is 0 Å². The van der Waals surface area contributed by atoms with Crippen LogP contribution >= 0.6 is 0 Å². The van der Waals surface area contributed by atoms with Gasteiger partial charge in [-0.1, -0.05) is 0 Å². The van der Waals surface area contributed by atoms with Gasteiger partial charge in [-0.05, 0) is 46.0 Å². The Morgan fingerprint density at radius 3 is 2.61 bits per heavy atom. The van der Waals surface area contributed by atoms with Gasteiger partial charge in [0.15, 0.2) is 0 Å². The lowest BCUT2D eigenvalue weighted by Gasteiger charge is -2.31. The van der Waals surface area contributed by atoms with E-state index in [4.69, 9.17) is 10.2 Å². The zero-order valence-corrected chi connectivity index (χ0v) is 11.7. The van der Waals surface area contributed by atoms with Gasteiger partial charge in [-0.2, -0.15) is 0 Å². The normalized spacial score (nSPS) is 22.7. The highest BCUT2D eigenvalue weighted by atomic mass is 16.3. The van der Waals surface area contributed by atoms with Gasteiger partial charge in [0.05, 0.1) is 6.04 Å². The van der Waals surface area contributed by atoms with Crippen molar-refractivity contribution < 1.29 is 4.42 Å². The first-order valence-corrected chi connectivity index (χ1v) is 6.82. The summed E-state index contributed by atoms with van der Waals surface area (Å²) in [5.74, 6) is 1.97. The average molecular weight is 251 g/mol. The number of nitrogens with two attached hydrogens (primary N) is 1. The van der Waals surface area contributed by atoms with Gasteiger partial charge >= 0.3 is 0 Å². The average Bonchev–Trinajstić information content (AvgIpc) is 2.60. The molecule has 0 spiro atoms. The molecule has 0 saturated carbocycles. The fourth-order valence-corrected chi connectivity index (χ4v) is 2.73. The predicted molar refractivity (Wildman–Crippen MR) is 73.5 cm³/mol. The molecule has 102 valence electrons. The second kappa shape index (κ2) is 5.87. The van der Waals surface area contributed by atoms with E-state index in [-0.39, 0.29) is 12.1 Å². The quantitative estimate of drug-likeness (QED) is 0.886. The third-order valence-electron chi connectivity index (χ3n) is 3.70. The highest BCUT2D eigenvalue weighted by molar-refractivity contribution is 5.12. The molecule has 2 unspecified atom stereocenters. The fourth-order valence-electron chi connectivity index (χ4n) is 2.73. The van der Waals surface area contributed by atoms with E-state index < -0.39 is 0 Å². The number of aryl methyl sites for hydroxylation is 1. The van der Waals surface area contributed by atoms with Crippen molar-refractivity contribution in [2.24, 2.45) is 5.73 Å². The third kappa shape index (κ3) is 3.13. The first-order chi connectivity index (χ1) is 8.58. The van der Waals surface area contributed by atoms with Crippen molar-refractivity contribution in [1.29, 1.82) is 0 Å². The molecule has 0 aliphatic carbocycles. The molecule has 4 nitrogen and oxygen atoms in total. The molecule has 2 heterocycles. The summed E-state index contributed by atoms with van der Waals surface area (Å²) >= 11 is 0. The van der Waals surface area contributed by atoms with Gasteiger partial charge in [-0.25, -0.2) is 0 Å². The summed E-state index contributed by atoms with van der Waals surface area (Å²) in [7, 11) is 2.18. The van der Waals surface area contributed by atoms with Crippen LogP contribution in [0.25, 0.3) is 0 Å². The van der Waals surface area contributed by atoms with E-state index in [1.165, 1.54) is 13.0 Å². The summed E-state index contributed by atoms with van der Waals surface area (Å²) in [4.78, 5) is 4.85. The van der Waals surface area contributed by atoms with Gasteiger partial charge in [0, 0.05) is 25.7 Å². The number of likely N-dealkylation sites (N-methyl/N-ethyl adjacent to an activating group) is 1. The molecule has 0 bridgehead atoms. The van der Waals surface area contributed by atoms with Gasteiger partial charge < -0.3 is 15.1 Å². The maximum Gasteiger partial charge on any atom is 0.122 e. The standard InChI is InChI=1S/C14H25N3O/c1-11-5-6-13(18-11)14(12(2)15)17-8-4-7-16(3)9-10-17/h5-6,12,14H,4,7-10,15H2,1-3H3. The second-order valence-corrected chi connectivity index (χ2v) is 5.45. The molecule has 1 saturated heterocycles. The van der Waals surface area contributed by atoms with Gasteiger partial charge in [-0.3, -0.25) is 4.90 Å². The summed E-state index contributed by atoms with van der Waals surface area (Å²) < 4.78 is 5.79.